The average molecular weight is 405 g/mol. The van der Waals surface area contributed by atoms with Crippen LogP contribution in [0.15, 0.2) is 18.2 Å². The maximum absolute atomic E-state index is 12.7. The number of halogens is 3. The van der Waals surface area contributed by atoms with Crippen LogP contribution in [0, 0.1) is 16.0 Å². The van der Waals surface area contributed by atoms with E-state index in [0.29, 0.717) is 18.7 Å². The molecule has 0 spiro atoms. The minimum Gasteiger partial charge on any atom is -0.451 e. The number of carbonyl (C=O) groups is 2. The molecular weight excluding hydrogens is 383 g/mol. The van der Waals surface area contributed by atoms with E-state index in [9.17, 15) is 32.9 Å². The Balaban J connectivity index is 2.83. The summed E-state index contributed by atoms with van der Waals surface area (Å²) in [6.07, 6.45) is -5.84. The maximum Gasteiger partial charge on any atom is 0.416 e. The van der Waals surface area contributed by atoms with Gasteiger partial charge >= 0.3 is 12.1 Å². The molecule has 1 rings (SSSR count). The third kappa shape index (κ3) is 6.71. The summed E-state index contributed by atoms with van der Waals surface area (Å²) in [7, 11) is 0. The number of rotatable bonds is 8. The summed E-state index contributed by atoms with van der Waals surface area (Å²) in [5.41, 5.74) is -2.30. The Morgan fingerprint density at radius 2 is 1.82 bits per heavy atom. The molecule has 0 heterocycles. The summed E-state index contributed by atoms with van der Waals surface area (Å²) in [5, 5.41) is 16.1. The first-order valence-corrected chi connectivity index (χ1v) is 8.43. The lowest BCUT2D eigenvalue weighted by atomic mass is 10.1. The molecule has 1 amide bonds. The fraction of sp³-hybridized carbons (Fsp3) is 0.529. The summed E-state index contributed by atoms with van der Waals surface area (Å²) in [4.78, 5) is 34.0. The van der Waals surface area contributed by atoms with Gasteiger partial charge in [-0.25, -0.2) is 4.79 Å². The van der Waals surface area contributed by atoms with Crippen molar-refractivity contribution in [3.63, 3.8) is 0 Å². The molecule has 0 saturated carbocycles. The fourth-order valence-electron chi connectivity index (χ4n) is 2.05. The highest BCUT2D eigenvalue weighted by Crippen LogP contribution is 2.35. The molecule has 2 atom stereocenters. The van der Waals surface area contributed by atoms with E-state index in [1.165, 1.54) is 13.8 Å². The molecule has 0 aromatic heterocycles. The molecule has 11 heteroatoms. The van der Waals surface area contributed by atoms with E-state index in [-0.39, 0.29) is 11.6 Å². The molecule has 156 valence electrons. The van der Waals surface area contributed by atoms with Gasteiger partial charge in [-0.1, -0.05) is 13.8 Å². The molecule has 0 unspecified atom stereocenters. The molecular formula is C17H22F3N3O5. The van der Waals surface area contributed by atoms with Crippen molar-refractivity contribution in [2.75, 3.05) is 11.9 Å². The van der Waals surface area contributed by atoms with Crippen molar-refractivity contribution in [3.8, 4) is 0 Å². The first kappa shape index (κ1) is 23.2. The first-order valence-electron chi connectivity index (χ1n) is 8.43. The number of nitro benzene ring substituents is 1. The fourth-order valence-corrected chi connectivity index (χ4v) is 2.05. The molecule has 0 aliphatic heterocycles. The van der Waals surface area contributed by atoms with E-state index >= 15 is 0 Å². The maximum atomic E-state index is 12.7. The second-order valence-electron chi connectivity index (χ2n) is 6.57. The van der Waals surface area contributed by atoms with Gasteiger partial charge in [0, 0.05) is 12.6 Å². The van der Waals surface area contributed by atoms with E-state index in [0.717, 1.165) is 6.07 Å². The van der Waals surface area contributed by atoms with Crippen LogP contribution in [0.1, 0.15) is 33.3 Å². The molecule has 8 nitrogen and oxygen atoms in total. The van der Waals surface area contributed by atoms with E-state index < -0.39 is 46.4 Å². The van der Waals surface area contributed by atoms with Gasteiger partial charge in [-0.05, 0) is 31.9 Å². The normalized spacial score (nSPS) is 13.6. The summed E-state index contributed by atoms with van der Waals surface area (Å²) < 4.78 is 43.2. The average Bonchev–Trinajstić information content (AvgIpc) is 2.58. The summed E-state index contributed by atoms with van der Waals surface area (Å²) in [6, 6.07) is 0.761. The molecule has 0 fully saturated rings. The minimum absolute atomic E-state index is 0.202. The molecule has 1 aromatic rings. The number of carbonyl (C=O) groups excluding carboxylic acids is 2. The Hall–Kier alpha value is -2.85. The van der Waals surface area contributed by atoms with Crippen molar-refractivity contribution < 1.29 is 32.4 Å². The Kier molecular flexibility index (Phi) is 7.77. The first-order chi connectivity index (χ1) is 12.8. The largest absolute Gasteiger partial charge is 0.451 e. The number of nitro groups is 1. The minimum atomic E-state index is -4.74. The number of nitrogens with one attached hydrogen (secondary N) is 2. The second-order valence-corrected chi connectivity index (χ2v) is 6.57. The molecule has 0 radical (unpaired) electrons. The van der Waals surface area contributed by atoms with Crippen LogP contribution in [0.5, 0.6) is 0 Å². The van der Waals surface area contributed by atoms with Gasteiger partial charge in [-0.15, -0.1) is 0 Å². The molecule has 2 N–H and O–H groups in total. The number of benzene rings is 1. The second kappa shape index (κ2) is 9.38. The van der Waals surface area contributed by atoms with Gasteiger partial charge in [-0.2, -0.15) is 13.2 Å². The van der Waals surface area contributed by atoms with Gasteiger partial charge in [0.2, 0.25) is 0 Å². The molecule has 0 aliphatic rings. The van der Waals surface area contributed by atoms with Gasteiger partial charge in [0.15, 0.2) is 6.10 Å². The lowest BCUT2D eigenvalue weighted by Crippen LogP contribution is -2.40. The highest BCUT2D eigenvalue weighted by molar-refractivity contribution is 5.86. The van der Waals surface area contributed by atoms with Crippen LogP contribution < -0.4 is 10.6 Å². The highest BCUT2D eigenvalue weighted by atomic mass is 19.4. The molecule has 1 aromatic carbocycles. The quantitative estimate of drug-likeness (QED) is 0.391. The number of hydrogen-bond donors (Lipinski definition) is 2. The van der Waals surface area contributed by atoms with Gasteiger partial charge in [-0.3, -0.25) is 14.9 Å². The molecule has 0 aliphatic carbocycles. The standard InChI is InChI=1S/C17H22F3N3O5/c1-9(2)8-21-15(24)11(4)28-16(25)10(3)22-13-6-5-12(17(18,19)20)7-14(13)23(26)27/h5-7,9-11,22H,8H2,1-4H3,(H,21,24)/t10-,11-/m0/s1. The lowest BCUT2D eigenvalue weighted by Gasteiger charge is -2.19. The SMILES string of the molecule is CC(C)CNC(=O)[C@H](C)OC(=O)[C@H](C)Nc1ccc(C(F)(F)F)cc1[N+](=O)[O-]. The number of amides is 1. The van der Waals surface area contributed by atoms with E-state index in [1.54, 1.807) is 0 Å². The monoisotopic (exact) mass is 405 g/mol. The van der Waals surface area contributed by atoms with Crippen molar-refractivity contribution in [2.45, 2.75) is 46.0 Å². The zero-order valence-corrected chi connectivity index (χ0v) is 15.8. The molecule has 0 saturated heterocycles. The lowest BCUT2D eigenvalue weighted by molar-refractivity contribution is -0.384. The van der Waals surface area contributed by atoms with Crippen LogP contribution in [0.4, 0.5) is 24.5 Å². The molecule has 28 heavy (non-hydrogen) atoms. The van der Waals surface area contributed by atoms with Crippen molar-refractivity contribution in [1.82, 2.24) is 5.32 Å². The highest BCUT2D eigenvalue weighted by Gasteiger charge is 2.33. The Labute approximate surface area is 159 Å². The number of alkyl halides is 3. The number of esters is 1. The third-order valence-corrected chi connectivity index (χ3v) is 3.59. The Morgan fingerprint density at radius 3 is 2.32 bits per heavy atom. The van der Waals surface area contributed by atoms with E-state index in [1.807, 2.05) is 13.8 Å². The van der Waals surface area contributed by atoms with Crippen LogP contribution >= 0.6 is 0 Å². The number of anilines is 1. The van der Waals surface area contributed by atoms with Gasteiger partial charge in [0.1, 0.15) is 11.7 Å². The predicted molar refractivity (Wildman–Crippen MR) is 94.6 cm³/mol. The van der Waals surface area contributed by atoms with Gasteiger partial charge in [0.25, 0.3) is 11.6 Å². The summed E-state index contributed by atoms with van der Waals surface area (Å²) >= 11 is 0. The van der Waals surface area contributed by atoms with Crippen molar-refractivity contribution in [2.24, 2.45) is 5.92 Å². The van der Waals surface area contributed by atoms with Crippen LogP contribution in [0.3, 0.4) is 0 Å². The van der Waals surface area contributed by atoms with Gasteiger partial charge < -0.3 is 15.4 Å². The zero-order chi connectivity index (χ0) is 21.6. The summed E-state index contributed by atoms with van der Waals surface area (Å²) in [5.74, 6) is -1.19. The van der Waals surface area contributed by atoms with Crippen molar-refractivity contribution >= 4 is 23.3 Å². The molecule has 0 bridgehead atoms. The number of ether oxygens (including phenoxy) is 1. The van der Waals surface area contributed by atoms with Crippen molar-refractivity contribution in [3.05, 3.63) is 33.9 Å². The topological polar surface area (TPSA) is 111 Å². The zero-order valence-electron chi connectivity index (χ0n) is 15.8. The van der Waals surface area contributed by atoms with Gasteiger partial charge in [0.05, 0.1) is 10.5 Å². The van der Waals surface area contributed by atoms with E-state index in [2.05, 4.69) is 10.6 Å². The number of nitrogens with zero attached hydrogens (tertiary/aromatic N) is 1. The Bertz CT molecular complexity index is 737. The van der Waals surface area contributed by atoms with Crippen LogP contribution in [-0.4, -0.2) is 35.5 Å². The Morgan fingerprint density at radius 1 is 1.21 bits per heavy atom. The predicted octanol–water partition coefficient (Wildman–Crippen LogP) is 3.12. The summed E-state index contributed by atoms with van der Waals surface area (Å²) in [6.45, 7) is 6.84. The van der Waals surface area contributed by atoms with Crippen LogP contribution in [-0.2, 0) is 20.5 Å². The number of hydrogen-bond acceptors (Lipinski definition) is 6. The van der Waals surface area contributed by atoms with Crippen LogP contribution in [0.25, 0.3) is 0 Å². The smallest absolute Gasteiger partial charge is 0.416 e. The van der Waals surface area contributed by atoms with E-state index in [4.69, 9.17) is 4.74 Å². The third-order valence-electron chi connectivity index (χ3n) is 3.59. The van der Waals surface area contributed by atoms with Crippen molar-refractivity contribution in [1.29, 1.82) is 0 Å². The van der Waals surface area contributed by atoms with Crippen LogP contribution in [0.2, 0.25) is 0 Å².